The molecule has 0 aliphatic rings. The average Bonchev–Trinajstić information content (AvgIpc) is 2.45. The van der Waals surface area contributed by atoms with Crippen molar-refractivity contribution in [3.05, 3.63) is 29.3 Å². The molecule has 0 aliphatic carbocycles. The van der Waals surface area contributed by atoms with Crippen molar-refractivity contribution in [1.82, 2.24) is 0 Å². The average molecular weight is 298 g/mol. The van der Waals surface area contributed by atoms with Gasteiger partial charge in [-0.05, 0) is 24.1 Å². The van der Waals surface area contributed by atoms with E-state index in [0.29, 0.717) is 35.3 Å². The van der Waals surface area contributed by atoms with Gasteiger partial charge in [0.1, 0.15) is 11.9 Å². The molecule has 2 unspecified atom stereocenters. The Labute approximate surface area is 121 Å². The van der Waals surface area contributed by atoms with Crippen LogP contribution in [0.25, 0.3) is 0 Å². The van der Waals surface area contributed by atoms with E-state index in [1.807, 2.05) is 0 Å². The number of aliphatic hydroxyl groups is 2. The SMILES string of the molecule is COc1cc(C(O)C(O)CCSC(C)=O)ccc1C=O. The third-order valence-electron chi connectivity index (χ3n) is 2.81. The molecule has 0 saturated heterocycles. The molecular weight excluding hydrogens is 280 g/mol. The summed E-state index contributed by atoms with van der Waals surface area (Å²) in [4.78, 5) is 21.6. The van der Waals surface area contributed by atoms with E-state index in [9.17, 15) is 19.8 Å². The van der Waals surface area contributed by atoms with Crippen LogP contribution in [0.4, 0.5) is 0 Å². The maximum atomic E-state index is 10.8. The van der Waals surface area contributed by atoms with Crippen molar-refractivity contribution in [3.8, 4) is 5.75 Å². The molecule has 0 heterocycles. The maximum absolute atomic E-state index is 10.8. The Balaban J connectivity index is 2.73. The molecule has 0 fully saturated rings. The lowest BCUT2D eigenvalue weighted by Crippen LogP contribution is -2.19. The molecule has 0 bridgehead atoms. The molecule has 0 amide bonds. The molecule has 1 aromatic rings. The molecular formula is C14H18O5S. The van der Waals surface area contributed by atoms with E-state index >= 15 is 0 Å². The maximum Gasteiger partial charge on any atom is 0.185 e. The molecule has 1 rings (SSSR count). The lowest BCUT2D eigenvalue weighted by atomic mass is 10.0. The number of thioether (sulfide) groups is 1. The van der Waals surface area contributed by atoms with Gasteiger partial charge in [-0.1, -0.05) is 17.8 Å². The summed E-state index contributed by atoms with van der Waals surface area (Å²) in [5.74, 6) is 0.791. The number of benzene rings is 1. The number of carbonyl (C=O) groups excluding carboxylic acids is 2. The van der Waals surface area contributed by atoms with Crippen molar-refractivity contribution in [2.24, 2.45) is 0 Å². The second kappa shape index (κ2) is 8.04. The van der Waals surface area contributed by atoms with Crippen molar-refractivity contribution < 1.29 is 24.5 Å². The summed E-state index contributed by atoms with van der Waals surface area (Å²) in [6.45, 7) is 1.45. The fourth-order valence-electron chi connectivity index (χ4n) is 1.71. The molecule has 0 aliphatic heterocycles. The minimum Gasteiger partial charge on any atom is -0.496 e. The number of aldehydes is 1. The van der Waals surface area contributed by atoms with E-state index < -0.39 is 12.2 Å². The molecule has 0 aromatic heterocycles. The predicted molar refractivity (Wildman–Crippen MR) is 77.1 cm³/mol. The lowest BCUT2D eigenvalue weighted by Gasteiger charge is -2.18. The molecule has 0 spiro atoms. The smallest absolute Gasteiger partial charge is 0.185 e. The summed E-state index contributed by atoms with van der Waals surface area (Å²) in [5.41, 5.74) is 0.845. The van der Waals surface area contributed by atoms with Gasteiger partial charge in [0.05, 0.1) is 18.8 Å². The number of carbonyl (C=O) groups is 2. The fourth-order valence-corrected chi connectivity index (χ4v) is 2.36. The Kier molecular flexibility index (Phi) is 6.70. The molecule has 110 valence electrons. The standard InChI is InChI=1S/C14H18O5S/c1-9(16)20-6-5-12(17)14(18)10-3-4-11(8-15)13(7-10)19-2/h3-4,7-8,12,14,17-18H,5-6H2,1-2H3. The third-order valence-corrected chi connectivity index (χ3v) is 3.66. The van der Waals surface area contributed by atoms with Crippen molar-refractivity contribution in [3.63, 3.8) is 0 Å². The summed E-state index contributed by atoms with van der Waals surface area (Å²) in [6.07, 6.45) is -1.11. The Hall–Kier alpha value is -1.37. The zero-order valence-electron chi connectivity index (χ0n) is 11.4. The summed E-state index contributed by atoms with van der Waals surface area (Å²) in [7, 11) is 1.43. The zero-order valence-corrected chi connectivity index (χ0v) is 12.2. The number of aliphatic hydroxyl groups excluding tert-OH is 2. The van der Waals surface area contributed by atoms with Crippen molar-refractivity contribution in [2.75, 3.05) is 12.9 Å². The highest BCUT2D eigenvalue weighted by Gasteiger charge is 2.19. The van der Waals surface area contributed by atoms with Crippen LogP contribution in [0.5, 0.6) is 5.75 Å². The van der Waals surface area contributed by atoms with Gasteiger partial charge in [0.25, 0.3) is 0 Å². The molecule has 0 saturated carbocycles. The number of methoxy groups -OCH3 is 1. The largest absolute Gasteiger partial charge is 0.496 e. The van der Waals surface area contributed by atoms with Gasteiger partial charge in [-0.15, -0.1) is 0 Å². The van der Waals surface area contributed by atoms with E-state index in [0.717, 1.165) is 11.8 Å². The van der Waals surface area contributed by atoms with Gasteiger partial charge in [0.15, 0.2) is 11.4 Å². The Morgan fingerprint density at radius 2 is 2.15 bits per heavy atom. The van der Waals surface area contributed by atoms with Gasteiger partial charge < -0.3 is 14.9 Å². The van der Waals surface area contributed by atoms with Crippen LogP contribution >= 0.6 is 11.8 Å². The minimum atomic E-state index is -1.09. The summed E-state index contributed by atoms with van der Waals surface area (Å²) >= 11 is 1.10. The quantitative estimate of drug-likeness (QED) is 0.743. The van der Waals surface area contributed by atoms with Crippen molar-refractivity contribution in [2.45, 2.75) is 25.6 Å². The van der Waals surface area contributed by atoms with Gasteiger partial charge in [-0.25, -0.2) is 0 Å². The topological polar surface area (TPSA) is 83.8 Å². The molecule has 2 N–H and O–H groups in total. The Morgan fingerprint density at radius 3 is 2.70 bits per heavy atom. The van der Waals surface area contributed by atoms with Crippen LogP contribution in [0.15, 0.2) is 18.2 Å². The van der Waals surface area contributed by atoms with Gasteiger partial charge in [0, 0.05) is 12.7 Å². The Morgan fingerprint density at radius 1 is 1.45 bits per heavy atom. The molecule has 1 aromatic carbocycles. The van der Waals surface area contributed by atoms with Gasteiger partial charge in [-0.3, -0.25) is 9.59 Å². The molecule has 20 heavy (non-hydrogen) atoms. The van der Waals surface area contributed by atoms with Crippen molar-refractivity contribution in [1.29, 1.82) is 0 Å². The Bertz CT molecular complexity index is 475. The second-order valence-corrected chi connectivity index (χ2v) is 5.53. The van der Waals surface area contributed by atoms with Crippen LogP contribution < -0.4 is 4.74 Å². The van der Waals surface area contributed by atoms with Crippen LogP contribution in [-0.4, -0.2) is 40.6 Å². The van der Waals surface area contributed by atoms with Crippen LogP contribution in [0.3, 0.4) is 0 Å². The summed E-state index contributed by atoms with van der Waals surface area (Å²) in [6, 6.07) is 4.62. The first-order valence-electron chi connectivity index (χ1n) is 6.12. The van der Waals surface area contributed by atoms with E-state index in [-0.39, 0.29) is 5.12 Å². The number of rotatable bonds is 7. The first-order chi connectivity index (χ1) is 9.49. The van der Waals surface area contributed by atoms with Crippen LogP contribution in [0.2, 0.25) is 0 Å². The van der Waals surface area contributed by atoms with Crippen LogP contribution in [0.1, 0.15) is 35.4 Å². The molecule has 0 radical (unpaired) electrons. The highest BCUT2D eigenvalue weighted by atomic mass is 32.2. The van der Waals surface area contributed by atoms with Gasteiger partial charge in [-0.2, -0.15) is 0 Å². The summed E-state index contributed by atoms with van der Waals surface area (Å²) < 4.78 is 5.05. The fraction of sp³-hybridized carbons (Fsp3) is 0.429. The minimum absolute atomic E-state index is 0.0244. The first-order valence-corrected chi connectivity index (χ1v) is 7.10. The van der Waals surface area contributed by atoms with E-state index in [1.165, 1.54) is 26.2 Å². The summed E-state index contributed by atoms with van der Waals surface area (Å²) in [5, 5.41) is 19.9. The zero-order chi connectivity index (χ0) is 15.1. The number of hydrogen-bond donors (Lipinski definition) is 2. The third kappa shape index (κ3) is 4.63. The van der Waals surface area contributed by atoms with E-state index in [4.69, 9.17) is 4.74 Å². The highest BCUT2D eigenvalue weighted by Crippen LogP contribution is 2.26. The molecule has 5 nitrogen and oxygen atoms in total. The number of ether oxygens (including phenoxy) is 1. The van der Waals surface area contributed by atoms with E-state index in [1.54, 1.807) is 6.07 Å². The lowest BCUT2D eigenvalue weighted by molar-refractivity contribution is -0.109. The molecule has 2 atom stereocenters. The van der Waals surface area contributed by atoms with Crippen LogP contribution in [-0.2, 0) is 4.79 Å². The van der Waals surface area contributed by atoms with Gasteiger partial charge >= 0.3 is 0 Å². The van der Waals surface area contributed by atoms with Gasteiger partial charge in [0.2, 0.25) is 0 Å². The second-order valence-electron chi connectivity index (χ2n) is 4.26. The highest BCUT2D eigenvalue weighted by molar-refractivity contribution is 8.13. The van der Waals surface area contributed by atoms with Crippen molar-refractivity contribution >= 4 is 23.2 Å². The monoisotopic (exact) mass is 298 g/mol. The van der Waals surface area contributed by atoms with Crippen LogP contribution in [0, 0.1) is 0 Å². The predicted octanol–water partition coefficient (Wildman–Crippen LogP) is 1.57. The normalized spacial score (nSPS) is 13.6. The van der Waals surface area contributed by atoms with E-state index in [2.05, 4.69) is 0 Å². The number of hydrogen-bond acceptors (Lipinski definition) is 6. The first kappa shape index (κ1) is 16.7. The molecule has 6 heteroatoms.